The molecular weight excluding hydrogens is 516 g/mol. The number of methoxy groups -OCH3 is 4. The summed E-state index contributed by atoms with van der Waals surface area (Å²) >= 11 is 0. The highest BCUT2D eigenvalue weighted by Crippen LogP contribution is 2.49. The first-order valence-electron chi connectivity index (χ1n) is 13.5. The van der Waals surface area contributed by atoms with Gasteiger partial charge in [0.2, 0.25) is 5.79 Å². The van der Waals surface area contributed by atoms with Crippen molar-refractivity contribution in [2.45, 2.75) is 84.5 Å². The van der Waals surface area contributed by atoms with Gasteiger partial charge in [0.25, 0.3) is 0 Å². The molecule has 0 N–H and O–H groups in total. The summed E-state index contributed by atoms with van der Waals surface area (Å²) in [7, 11) is 5.87. The average Bonchev–Trinajstić information content (AvgIpc) is 2.93. The van der Waals surface area contributed by atoms with E-state index in [0.717, 1.165) is 5.56 Å². The maximum atomic E-state index is 12.4. The molecule has 9 nitrogen and oxygen atoms in total. The Morgan fingerprint density at radius 1 is 1.10 bits per heavy atom. The quantitative estimate of drug-likeness (QED) is 0.135. The van der Waals surface area contributed by atoms with Gasteiger partial charge in [-0.25, -0.2) is 4.79 Å². The molecule has 0 radical (unpaired) electrons. The smallest absolute Gasteiger partial charge is 0.330 e. The molecule has 40 heavy (non-hydrogen) atoms. The Labute approximate surface area is 238 Å². The van der Waals surface area contributed by atoms with Crippen LogP contribution in [0.3, 0.4) is 0 Å². The minimum atomic E-state index is -1.49. The lowest BCUT2D eigenvalue weighted by Crippen LogP contribution is -2.63. The second kappa shape index (κ2) is 15.4. The zero-order chi connectivity index (χ0) is 29.9. The molecule has 0 aliphatic carbocycles. The first-order valence-corrected chi connectivity index (χ1v) is 13.5. The summed E-state index contributed by atoms with van der Waals surface area (Å²) in [5.41, 5.74) is 0.756. The van der Waals surface area contributed by atoms with Crippen LogP contribution in [0, 0.1) is 11.3 Å². The van der Waals surface area contributed by atoms with Crippen LogP contribution in [-0.4, -0.2) is 70.8 Å². The number of rotatable bonds is 14. The van der Waals surface area contributed by atoms with E-state index in [4.69, 9.17) is 33.2 Å². The summed E-state index contributed by atoms with van der Waals surface area (Å²) < 4.78 is 40.4. The maximum absolute atomic E-state index is 12.4. The number of hydrogen-bond acceptors (Lipinski definition) is 9. The van der Waals surface area contributed by atoms with Crippen LogP contribution in [0.1, 0.15) is 53.0 Å². The van der Waals surface area contributed by atoms with Crippen LogP contribution in [0.2, 0.25) is 0 Å². The summed E-state index contributed by atoms with van der Waals surface area (Å²) in [5, 5.41) is 0. The molecule has 0 saturated carbocycles. The van der Waals surface area contributed by atoms with Crippen molar-refractivity contribution in [2.24, 2.45) is 11.3 Å². The molecule has 1 aliphatic rings. The van der Waals surface area contributed by atoms with E-state index in [2.05, 4.69) is 6.92 Å². The minimum absolute atomic E-state index is 0.0722. The maximum Gasteiger partial charge on any atom is 0.330 e. The van der Waals surface area contributed by atoms with Crippen LogP contribution >= 0.6 is 0 Å². The highest BCUT2D eigenvalue weighted by molar-refractivity contribution is 5.83. The second-order valence-electron chi connectivity index (χ2n) is 10.7. The van der Waals surface area contributed by atoms with Crippen LogP contribution in [-0.2, 0) is 49.4 Å². The number of hydrogen-bond donors (Lipinski definition) is 0. The Morgan fingerprint density at radius 3 is 2.30 bits per heavy atom. The van der Waals surface area contributed by atoms with Gasteiger partial charge in [0.05, 0.1) is 25.9 Å². The van der Waals surface area contributed by atoms with Gasteiger partial charge in [-0.2, -0.15) is 0 Å². The predicted octanol–water partition coefficient (Wildman–Crippen LogP) is 4.98. The minimum Gasteiger partial charge on any atom is -0.466 e. The van der Waals surface area contributed by atoms with Crippen LogP contribution in [0.5, 0.6) is 0 Å². The normalized spacial score (nSPS) is 24.3. The van der Waals surface area contributed by atoms with Gasteiger partial charge in [-0.05, 0) is 42.9 Å². The molecule has 5 atom stereocenters. The van der Waals surface area contributed by atoms with Crippen LogP contribution in [0.25, 0.3) is 0 Å². The van der Waals surface area contributed by atoms with E-state index in [1.165, 1.54) is 41.4 Å². The Kier molecular flexibility index (Phi) is 13.0. The lowest BCUT2D eigenvalue weighted by atomic mass is 9.73. The molecule has 224 valence electrons. The Bertz CT molecular complexity index is 999. The molecule has 0 bridgehead atoms. The molecular formula is C31H46O9. The molecule has 2 rings (SSSR count). The molecule has 1 fully saturated rings. The summed E-state index contributed by atoms with van der Waals surface area (Å²) in [4.78, 5) is 24.7. The number of carbonyl (C=O) groups excluding carboxylic acids is 2. The average molecular weight is 563 g/mol. The van der Waals surface area contributed by atoms with Crippen molar-refractivity contribution in [3.05, 3.63) is 59.7 Å². The van der Waals surface area contributed by atoms with E-state index in [1.807, 2.05) is 57.2 Å². The molecule has 0 spiro atoms. The number of carbonyl (C=O) groups is 2. The van der Waals surface area contributed by atoms with Crippen molar-refractivity contribution in [1.82, 2.24) is 0 Å². The third-order valence-electron chi connectivity index (χ3n) is 7.40. The summed E-state index contributed by atoms with van der Waals surface area (Å²) in [6, 6.07) is 10.0. The lowest BCUT2D eigenvalue weighted by molar-refractivity contribution is -0.337. The van der Waals surface area contributed by atoms with Crippen molar-refractivity contribution in [2.75, 3.05) is 28.4 Å². The first kappa shape index (κ1) is 33.6. The Balaban J connectivity index is 2.44. The van der Waals surface area contributed by atoms with Gasteiger partial charge in [0.1, 0.15) is 0 Å². The van der Waals surface area contributed by atoms with Gasteiger partial charge in [0.15, 0.2) is 12.4 Å². The third kappa shape index (κ3) is 8.72. The van der Waals surface area contributed by atoms with E-state index >= 15 is 0 Å². The molecule has 1 unspecified atom stereocenters. The molecule has 1 heterocycles. The monoisotopic (exact) mass is 562 g/mol. The SMILES string of the molecule is COC(=O)/C=C1\C[C@@H](C[C@@H](C)[C@@H](C)OCc2ccccc2)O[C@@](OC)(C(C)(C)/C=C/C(OC)OC)C1OC(C)=O. The van der Waals surface area contributed by atoms with E-state index in [1.54, 1.807) is 6.08 Å². The van der Waals surface area contributed by atoms with E-state index in [0.29, 0.717) is 25.0 Å². The Hall–Kier alpha value is -2.56. The highest BCUT2D eigenvalue weighted by atomic mass is 16.7. The van der Waals surface area contributed by atoms with Gasteiger partial charge in [-0.15, -0.1) is 0 Å². The largest absolute Gasteiger partial charge is 0.466 e. The van der Waals surface area contributed by atoms with Crippen LogP contribution in [0.4, 0.5) is 0 Å². The highest BCUT2D eigenvalue weighted by Gasteiger charge is 2.59. The third-order valence-corrected chi connectivity index (χ3v) is 7.40. The molecule has 0 aromatic heterocycles. The van der Waals surface area contributed by atoms with E-state index < -0.39 is 35.5 Å². The van der Waals surface area contributed by atoms with E-state index in [-0.39, 0.29) is 18.1 Å². The van der Waals surface area contributed by atoms with Crippen molar-refractivity contribution in [3.8, 4) is 0 Å². The number of benzene rings is 1. The molecule has 0 amide bonds. The van der Waals surface area contributed by atoms with E-state index in [9.17, 15) is 9.59 Å². The Morgan fingerprint density at radius 2 is 1.75 bits per heavy atom. The van der Waals surface area contributed by atoms with Crippen LogP contribution in [0.15, 0.2) is 54.1 Å². The number of ether oxygens (including phenoxy) is 7. The first-order chi connectivity index (χ1) is 18.9. The fourth-order valence-corrected chi connectivity index (χ4v) is 4.93. The van der Waals surface area contributed by atoms with Crippen molar-refractivity contribution in [3.63, 3.8) is 0 Å². The molecule has 1 aromatic carbocycles. The van der Waals surface area contributed by atoms with Gasteiger partial charge in [-0.3, -0.25) is 4.79 Å². The molecule has 1 saturated heterocycles. The zero-order valence-electron chi connectivity index (χ0n) is 25.3. The molecule has 9 heteroatoms. The van der Waals surface area contributed by atoms with Crippen molar-refractivity contribution < 1.29 is 42.7 Å². The van der Waals surface area contributed by atoms with Gasteiger partial charge >= 0.3 is 11.9 Å². The molecule has 1 aliphatic heterocycles. The zero-order valence-corrected chi connectivity index (χ0v) is 25.3. The summed E-state index contributed by atoms with van der Waals surface area (Å²) in [6.07, 6.45) is 3.82. The van der Waals surface area contributed by atoms with Crippen molar-refractivity contribution >= 4 is 11.9 Å². The summed E-state index contributed by atoms with van der Waals surface area (Å²) in [5.74, 6) is -2.49. The lowest BCUT2D eigenvalue weighted by Gasteiger charge is -2.53. The van der Waals surface area contributed by atoms with Gasteiger partial charge in [-0.1, -0.05) is 57.2 Å². The topological polar surface area (TPSA) is 98.8 Å². The standard InChI is InChI=1S/C31H46O9/c1-21(22(2)38-20-24-13-11-10-12-14-24)17-26-18-25(19-27(33)34-6)29(39-23(3)32)31(37-9,40-26)30(4,5)16-15-28(35-7)36-8/h10-16,19,21-22,26,28-29H,17-18,20H2,1-9H3/b16-15+,25-19+/t21-,22-,26-,29?,31-/m1/s1. The fourth-order valence-electron chi connectivity index (χ4n) is 4.93. The number of esters is 2. The van der Waals surface area contributed by atoms with Gasteiger partial charge < -0.3 is 33.2 Å². The van der Waals surface area contributed by atoms with Crippen LogP contribution < -0.4 is 0 Å². The van der Waals surface area contributed by atoms with Crippen molar-refractivity contribution in [1.29, 1.82) is 0 Å². The fraction of sp³-hybridized carbons (Fsp3) is 0.613. The van der Waals surface area contributed by atoms with Gasteiger partial charge in [0, 0.05) is 39.7 Å². The molecule has 1 aromatic rings. The summed E-state index contributed by atoms with van der Waals surface area (Å²) in [6.45, 7) is 9.75. The predicted molar refractivity (Wildman–Crippen MR) is 150 cm³/mol. The second-order valence-corrected chi connectivity index (χ2v) is 10.7.